The van der Waals surface area contributed by atoms with Gasteiger partial charge in [0.05, 0.1) is 17.5 Å². The first kappa shape index (κ1) is 13.1. The first-order valence-electron chi connectivity index (χ1n) is 6.10. The number of thiophene rings is 1. The molecule has 3 rings (SSSR count). The van der Waals surface area contributed by atoms with Crippen molar-refractivity contribution in [1.82, 2.24) is 10.2 Å². The average molecular weight is 308 g/mol. The largest absolute Gasteiger partial charge is 0.281 e. The molecule has 1 aliphatic carbocycles. The lowest BCUT2D eigenvalue weighted by atomic mass is 10.1. The van der Waals surface area contributed by atoms with Gasteiger partial charge in [-0.2, -0.15) is 10.4 Å². The number of fused-ring (bicyclic) bond motifs is 1. The highest BCUT2D eigenvalue weighted by atomic mass is 32.2. The van der Waals surface area contributed by atoms with E-state index in [4.69, 9.17) is 0 Å². The van der Waals surface area contributed by atoms with E-state index in [1.54, 1.807) is 6.92 Å². The van der Waals surface area contributed by atoms with Gasteiger partial charge < -0.3 is 0 Å². The summed E-state index contributed by atoms with van der Waals surface area (Å²) in [4.78, 5) is 1.22. The average Bonchev–Trinajstić information content (AvgIpc) is 3.04. The van der Waals surface area contributed by atoms with Gasteiger partial charge in [0, 0.05) is 4.88 Å². The number of H-pyrrole nitrogens is 1. The first-order valence-corrected chi connectivity index (χ1v) is 8.40. The molecule has 0 amide bonds. The van der Waals surface area contributed by atoms with E-state index in [0.29, 0.717) is 16.3 Å². The second-order valence-electron chi connectivity index (χ2n) is 4.64. The zero-order valence-electron chi connectivity index (χ0n) is 10.7. The molecular weight excluding hydrogens is 296 g/mol. The first-order chi connectivity index (χ1) is 9.53. The number of aryl methyl sites for hydroxylation is 2. The third kappa shape index (κ3) is 1.99. The van der Waals surface area contributed by atoms with Crippen LogP contribution in [0.1, 0.15) is 28.1 Å². The van der Waals surface area contributed by atoms with Crippen molar-refractivity contribution in [3.63, 3.8) is 0 Å². The van der Waals surface area contributed by atoms with Crippen LogP contribution in [-0.4, -0.2) is 18.6 Å². The van der Waals surface area contributed by atoms with E-state index in [9.17, 15) is 13.7 Å². The van der Waals surface area contributed by atoms with Gasteiger partial charge in [0.2, 0.25) is 0 Å². The predicted octanol–water partition coefficient (Wildman–Crippen LogP) is 1.94. The van der Waals surface area contributed by atoms with E-state index < -0.39 is 10.0 Å². The lowest BCUT2D eigenvalue weighted by Crippen LogP contribution is -2.13. The highest BCUT2D eigenvalue weighted by Gasteiger charge is 2.26. The van der Waals surface area contributed by atoms with Gasteiger partial charge in [0.25, 0.3) is 10.0 Å². The zero-order chi connectivity index (χ0) is 14.3. The lowest BCUT2D eigenvalue weighted by Gasteiger charge is -2.05. The van der Waals surface area contributed by atoms with Crippen molar-refractivity contribution in [3.05, 3.63) is 27.9 Å². The molecule has 0 spiro atoms. The smallest absolute Gasteiger partial charge is 0.265 e. The topological polar surface area (TPSA) is 98.6 Å². The molecule has 104 valence electrons. The van der Waals surface area contributed by atoms with Crippen LogP contribution in [0.25, 0.3) is 0 Å². The normalized spacial score (nSPS) is 14.0. The summed E-state index contributed by atoms with van der Waals surface area (Å²) in [5.41, 5.74) is 1.94. The van der Waals surface area contributed by atoms with Crippen molar-refractivity contribution in [1.29, 1.82) is 5.26 Å². The number of nitrogens with one attached hydrogen (secondary N) is 2. The molecule has 0 saturated carbocycles. The molecule has 0 aromatic carbocycles. The van der Waals surface area contributed by atoms with Crippen LogP contribution in [0.3, 0.4) is 0 Å². The molecule has 0 aliphatic heterocycles. The fourth-order valence-corrected chi connectivity index (χ4v) is 5.07. The van der Waals surface area contributed by atoms with Crippen molar-refractivity contribution in [2.45, 2.75) is 31.1 Å². The molecule has 2 aromatic heterocycles. The standard InChI is InChI=1S/C12H12N4O2S2/c1-7-11(6-14-15-7)20(17,18)16-12-9(5-13)8-3-2-4-10(8)19-12/h6,16H,2-4H2,1H3,(H,14,15). The summed E-state index contributed by atoms with van der Waals surface area (Å²) >= 11 is 1.36. The SMILES string of the molecule is Cc1[nH]ncc1S(=O)(=O)Nc1sc2c(c1C#N)CCC2. The van der Waals surface area contributed by atoms with Gasteiger partial charge in [-0.25, -0.2) is 8.42 Å². The van der Waals surface area contributed by atoms with Crippen molar-refractivity contribution in [3.8, 4) is 6.07 Å². The van der Waals surface area contributed by atoms with Gasteiger partial charge in [-0.1, -0.05) is 0 Å². The van der Waals surface area contributed by atoms with E-state index in [-0.39, 0.29) is 4.90 Å². The molecule has 0 unspecified atom stereocenters. The van der Waals surface area contributed by atoms with Crippen LogP contribution in [0.2, 0.25) is 0 Å². The number of nitriles is 1. The quantitative estimate of drug-likeness (QED) is 0.905. The molecule has 0 radical (unpaired) electrons. The second kappa shape index (κ2) is 4.61. The number of rotatable bonds is 3. The van der Waals surface area contributed by atoms with Crippen molar-refractivity contribution in [2.24, 2.45) is 0 Å². The van der Waals surface area contributed by atoms with E-state index >= 15 is 0 Å². The third-order valence-electron chi connectivity index (χ3n) is 3.33. The van der Waals surface area contributed by atoms with Crippen molar-refractivity contribution in [2.75, 3.05) is 4.72 Å². The Labute approximate surface area is 120 Å². The summed E-state index contributed by atoms with van der Waals surface area (Å²) in [6.07, 6.45) is 4.07. The number of anilines is 1. The minimum absolute atomic E-state index is 0.106. The lowest BCUT2D eigenvalue weighted by molar-refractivity contribution is 0.601. The number of aromatic nitrogens is 2. The maximum Gasteiger partial charge on any atom is 0.265 e. The zero-order valence-corrected chi connectivity index (χ0v) is 12.4. The Morgan fingerprint density at radius 2 is 2.30 bits per heavy atom. The van der Waals surface area contributed by atoms with Gasteiger partial charge in [-0.05, 0) is 31.7 Å². The molecule has 8 heteroatoms. The highest BCUT2D eigenvalue weighted by molar-refractivity contribution is 7.93. The highest BCUT2D eigenvalue weighted by Crippen LogP contribution is 2.39. The summed E-state index contributed by atoms with van der Waals surface area (Å²) in [7, 11) is -3.71. The second-order valence-corrected chi connectivity index (χ2v) is 7.39. The molecular formula is C12H12N4O2S2. The molecule has 0 bridgehead atoms. The third-order valence-corrected chi connectivity index (χ3v) is 6.13. The fourth-order valence-electron chi connectivity index (χ4n) is 2.38. The summed E-state index contributed by atoms with van der Waals surface area (Å²) in [5, 5.41) is 16.0. The van der Waals surface area contributed by atoms with Crippen LogP contribution < -0.4 is 4.72 Å². The monoisotopic (exact) mass is 308 g/mol. The summed E-state index contributed by atoms with van der Waals surface area (Å²) in [6, 6.07) is 2.12. The number of nitrogens with zero attached hydrogens (tertiary/aromatic N) is 2. The van der Waals surface area contributed by atoms with Gasteiger partial charge in [-0.3, -0.25) is 9.82 Å². The van der Waals surface area contributed by atoms with E-state index in [1.165, 1.54) is 17.5 Å². The number of hydrogen-bond donors (Lipinski definition) is 2. The Morgan fingerprint density at radius 1 is 1.50 bits per heavy atom. The van der Waals surface area contributed by atoms with E-state index in [0.717, 1.165) is 29.7 Å². The summed E-state index contributed by atoms with van der Waals surface area (Å²) in [6.45, 7) is 1.64. The molecule has 0 fully saturated rings. The molecule has 2 N–H and O–H groups in total. The van der Waals surface area contributed by atoms with Crippen LogP contribution in [0, 0.1) is 18.3 Å². The number of sulfonamides is 1. The Morgan fingerprint density at radius 3 is 2.95 bits per heavy atom. The Bertz CT molecular complexity index is 811. The van der Waals surface area contributed by atoms with Gasteiger partial charge in [-0.15, -0.1) is 11.3 Å². The minimum Gasteiger partial charge on any atom is -0.281 e. The fraction of sp³-hybridized carbons (Fsp3) is 0.333. The van der Waals surface area contributed by atoms with Gasteiger partial charge >= 0.3 is 0 Å². The summed E-state index contributed by atoms with van der Waals surface area (Å²) in [5.74, 6) is 0. The minimum atomic E-state index is -3.71. The molecule has 2 aromatic rings. The number of hydrogen-bond acceptors (Lipinski definition) is 5. The van der Waals surface area contributed by atoms with Gasteiger partial charge in [0.1, 0.15) is 16.0 Å². The Kier molecular flexibility index (Phi) is 3.03. The van der Waals surface area contributed by atoms with Crippen molar-refractivity contribution >= 4 is 26.4 Å². The maximum atomic E-state index is 12.3. The van der Waals surface area contributed by atoms with E-state index in [2.05, 4.69) is 21.0 Å². The van der Waals surface area contributed by atoms with E-state index in [1.807, 2.05) is 0 Å². The Balaban J connectivity index is 2.01. The molecule has 6 nitrogen and oxygen atoms in total. The van der Waals surface area contributed by atoms with Crippen LogP contribution in [0.4, 0.5) is 5.00 Å². The van der Waals surface area contributed by atoms with Crippen LogP contribution >= 0.6 is 11.3 Å². The molecule has 1 aliphatic rings. The molecule has 0 atom stereocenters. The number of aromatic amines is 1. The molecule has 0 saturated heterocycles. The van der Waals surface area contributed by atoms with Crippen LogP contribution in [0.15, 0.2) is 11.1 Å². The summed E-state index contributed by atoms with van der Waals surface area (Å²) < 4.78 is 27.1. The van der Waals surface area contributed by atoms with Crippen LogP contribution in [-0.2, 0) is 22.9 Å². The molecule has 2 heterocycles. The maximum absolute atomic E-state index is 12.3. The Hall–Kier alpha value is -1.85. The van der Waals surface area contributed by atoms with Crippen LogP contribution in [0.5, 0.6) is 0 Å². The molecule has 20 heavy (non-hydrogen) atoms. The van der Waals surface area contributed by atoms with Crippen molar-refractivity contribution < 1.29 is 8.42 Å². The van der Waals surface area contributed by atoms with Gasteiger partial charge in [0.15, 0.2) is 0 Å². The predicted molar refractivity (Wildman–Crippen MR) is 75.2 cm³/mol.